The molecular weight excluding hydrogens is 236 g/mol. The summed E-state index contributed by atoms with van der Waals surface area (Å²) in [6.07, 6.45) is -3.92. The zero-order chi connectivity index (χ0) is 12.9. The maximum Gasteiger partial charge on any atom is 0.418 e. The lowest BCUT2D eigenvalue weighted by atomic mass is 10.1. The van der Waals surface area contributed by atoms with Gasteiger partial charge in [-0.15, -0.1) is 0 Å². The molecule has 6 heteroatoms. The van der Waals surface area contributed by atoms with Crippen LogP contribution in [0.4, 0.5) is 23.2 Å². The summed E-state index contributed by atoms with van der Waals surface area (Å²) in [5, 5.41) is 2.65. The van der Waals surface area contributed by atoms with Crippen LogP contribution in [0.5, 0.6) is 0 Å². The van der Waals surface area contributed by atoms with E-state index >= 15 is 0 Å². The lowest BCUT2D eigenvalue weighted by Gasteiger charge is -2.15. The van der Waals surface area contributed by atoms with Crippen LogP contribution >= 0.6 is 0 Å². The zero-order valence-corrected chi connectivity index (χ0v) is 9.15. The van der Waals surface area contributed by atoms with Crippen molar-refractivity contribution in [2.45, 2.75) is 19.3 Å². The third-order valence-corrected chi connectivity index (χ3v) is 2.24. The predicted octanol–water partition coefficient (Wildman–Crippen LogP) is 2.94. The van der Waals surface area contributed by atoms with Gasteiger partial charge in [0.15, 0.2) is 0 Å². The number of rotatable bonds is 5. The first-order chi connectivity index (χ1) is 7.99. The predicted molar refractivity (Wildman–Crippen MR) is 58.4 cm³/mol. The second kappa shape index (κ2) is 5.86. The van der Waals surface area contributed by atoms with Crippen LogP contribution in [0.3, 0.4) is 0 Å². The number of nitrogens with one attached hydrogen (secondary N) is 1. The Morgan fingerprint density at radius 2 is 1.94 bits per heavy atom. The molecule has 0 aliphatic carbocycles. The highest BCUT2D eigenvalue weighted by molar-refractivity contribution is 5.54. The highest BCUT2D eigenvalue weighted by atomic mass is 19.4. The highest BCUT2D eigenvalue weighted by Crippen LogP contribution is 2.35. The van der Waals surface area contributed by atoms with Gasteiger partial charge in [-0.3, -0.25) is 0 Å². The standard InChI is InChI=1S/C11H14F4N2/c12-7-8-2-3-10(17-5-1-4-16)9(6-8)11(13,14)15/h2-3,6,17H,1,4-5,7,16H2. The van der Waals surface area contributed by atoms with Crippen LogP contribution < -0.4 is 11.1 Å². The van der Waals surface area contributed by atoms with Crippen molar-refractivity contribution in [2.75, 3.05) is 18.4 Å². The SMILES string of the molecule is NCCCNc1ccc(CF)cc1C(F)(F)F. The third kappa shape index (κ3) is 3.89. The molecule has 3 N–H and O–H groups in total. The first kappa shape index (κ1) is 13.8. The van der Waals surface area contributed by atoms with E-state index in [1.54, 1.807) is 0 Å². The Bertz CT molecular complexity index is 363. The fraction of sp³-hybridized carbons (Fsp3) is 0.455. The molecule has 17 heavy (non-hydrogen) atoms. The smallest absolute Gasteiger partial charge is 0.385 e. The van der Waals surface area contributed by atoms with Crippen molar-refractivity contribution in [3.05, 3.63) is 29.3 Å². The Morgan fingerprint density at radius 3 is 2.47 bits per heavy atom. The molecule has 1 aromatic rings. The molecule has 2 nitrogen and oxygen atoms in total. The second-order valence-electron chi connectivity index (χ2n) is 3.58. The summed E-state index contributed by atoms with van der Waals surface area (Å²) in [4.78, 5) is 0. The van der Waals surface area contributed by atoms with Crippen molar-refractivity contribution >= 4 is 5.69 Å². The van der Waals surface area contributed by atoms with E-state index in [9.17, 15) is 17.6 Å². The molecule has 0 spiro atoms. The Hall–Kier alpha value is -1.30. The zero-order valence-electron chi connectivity index (χ0n) is 9.15. The first-order valence-corrected chi connectivity index (χ1v) is 5.19. The molecule has 96 valence electrons. The molecule has 0 unspecified atom stereocenters. The fourth-order valence-electron chi connectivity index (χ4n) is 1.39. The van der Waals surface area contributed by atoms with Crippen LogP contribution in [0.2, 0.25) is 0 Å². The number of anilines is 1. The number of benzene rings is 1. The molecule has 0 saturated carbocycles. The summed E-state index contributed by atoms with van der Waals surface area (Å²) in [7, 11) is 0. The molecule has 1 aromatic carbocycles. The van der Waals surface area contributed by atoms with Crippen LogP contribution in [0.1, 0.15) is 17.5 Å². The van der Waals surface area contributed by atoms with Gasteiger partial charge in [-0.05, 0) is 30.7 Å². The maximum atomic E-state index is 12.7. The summed E-state index contributed by atoms with van der Waals surface area (Å²) in [5.41, 5.74) is 4.38. The van der Waals surface area contributed by atoms with Gasteiger partial charge in [0.1, 0.15) is 6.67 Å². The van der Waals surface area contributed by atoms with Crippen molar-refractivity contribution < 1.29 is 17.6 Å². The van der Waals surface area contributed by atoms with Crippen LogP contribution in [0, 0.1) is 0 Å². The molecule has 0 heterocycles. The molecular formula is C11H14F4N2. The monoisotopic (exact) mass is 250 g/mol. The molecule has 0 radical (unpaired) electrons. The van der Waals surface area contributed by atoms with Crippen molar-refractivity contribution in [1.82, 2.24) is 0 Å². The minimum absolute atomic E-state index is 0.0155. The van der Waals surface area contributed by atoms with Gasteiger partial charge in [0.05, 0.1) is 5.56 Å². The largest absolute Gasteiger partial charge is 0.418 e. The van der Waals surface area contributed by atoms with E-state index in [1.165, 1.54) is 12.1 Å². The quantitative estimate of drug-likeness (QED) is 0.623. The third-order valence-electron chi connectivity index (χ3n) is 2.24. The van der Waals surface area contributed by atoms with E-state index in [-0.39, 0.29) is 11.3 Å². The Labute approximate surface area is 96.8 Å². The lowest BCUT2D eigenvalue weighted by molar-refractivity contribution is -0.137. The molecule has 1 rings (SSSR count). The number of hydrogen-bond donors (Lipinski definition) is 2. The van der Waals surface area contributed by atoms with Crippen LogP contribution in [0.25, 0.3) is 0 Å². The van der Waals surface area contributed by atoms with Gasteiger partial charge in [0, 0.05) is 12.2 Å². The average molecular weight is 250 g/mol. The Morgan fingerprint density at radius 1 is 1.24 bits per heavy atom. The molecule has 0 atom stereocenters. The molecule has 0 aliphatic heterocycles. The summed E-state index contributed by atoms with van der Waals surface area (Å²) in [5.74, 6) is 0. The van der Waals surface area contributed by atoms with E-state index in [1.807, 2.05) is 0 Å². The molecule has 0 amide bonds. The number of hydrogen-bond acceptors (Lipinski definition) is 2. The van der Waals surface area contributed by atoms with Crippen LogP contribution in [0.15, 0.2) is 18.2 Å². The van der Waals surface area contributed by atoms with Gasteiger partial charge in [-0.25, -0.2) is 4.39 Å². The van der Waals surface area contributed by atoms with Crippen molar-refractivity contribution in [3.8, 4) is 0 Å². The van der Waals surface area contributed by atoms with E-state index in [2.05, 4.69) is 5.32 Å². The molecule has 0 bridgehead atoms. The Kier molecular flexibility index (Phi) is 4.74. The summed E-state index contributed by atoms with van der Waals surface area (Å²) in [6.45, 7) is -0.155. The van der Waals surface area contributed by atoms with Gasteiger partial charge in [0.2, 0.25) is 0 Å². The van der Waals surface area contributed by atoms with Crippen molar-refractivity contribution in [3.63, 3.8) is 0 Å². The summed E-state index contributed by atoms with van der Waals surface area (Å²) < 4.78 is 50.4. The van der Waals surface area contributed by atoms with Crippen LogP contribution in [-0.4, -0.2) is 13.1 Å². The number of alkyl halides is 4. The van der Waals surface area contributed by atoms with E-state index in [4.69, 9.17) is 5.73 Å². The van der Waals surface area contributed by atoms with Gasteiger partial charge in [0.25, 0.3) is 0 Å². The van der Waals surface area contributed by atoms with Crippen molar-refractivity contribution in [2.24, 2.45) is 5.73 Å². The van der Waals surface area contributed by atoms with Gasteiger partial charge in [-0.1, -0.05) is 6.07 Å². The normalized spacial score (nSPS) is 11.6. The molecule has 0 aliphatic rings. The van der Waals surface area contributed by atoms with Crippen LogP contribution in [-0.2, 0) is 12.9 Å². The van der Waals surface area contributed by atoms with Gasteiger partial charge >= 0.3 is 6.18 Å². The summed E-state index contributed by atoms with van der Waals surface area (Å²) in [6, 6.07) is 3.40. The van der Waals surface area contributed by atoms with E-state index in [0.29, 0.717) is 19.5 Å². The molecule has 0 saturated heterocycles. The van der Waals surface area contributed by atoms with Crippen molar-refractivity contribution in [1.29, 1.82) is 0 Å². The highest BCUT2D eigenvalue weighted by Gasteiger charge is 2.33. The average Bonchev–Trinajstić information content (AvgIpc) is 2.28. The summed E-state index contributed by atoms with van der Waals surface area (Å²) >= 11 is 0. The van der Waals surface area contributed by atoms with Gasteiger partial charge in [-0.2, -0.15) is 13.2 Å². The fourth-order valence-corrected chi connectivity index (χ4v) is 1.39. The lowest BCUT2D eigenvalue weighted by Crippen LogP contribution is -2.14. The Balaban J connectivity index is 2.95. The number of nitrogens with two attached hydrogens (primary N) is 1. The minimum Gasteiger partial charge on any atom is -0.385 e. The minimum atomic E-state index is -4.49. The molecule has 0 fully saturated rings. The molecule has 0 aromatic heterocycles. The van der Waals surface area contributed by atoms with E-state index in [0.717, 1.165) is 6.07 Å². The first-order valence-electron chi connectivity index (χ1n) is 5.19. The maximum absolute atomic E-state index is 12.7. The van der Waals surface area contributed by atoms with E-state index < -0.39 is 18.4 Å². The second-order valence-corrected chi connectivity index (χ2v) is 3.58. The number of halogens is 4. The topological polar surface area (TPSA) is 38.0 Å². The van der Waals surface area contributed by atoms with Gasteiger partial charge < -0.3 is 11.1 Å².